The summed E-state index contributed by atoms with van der Waals surface area (Å²) in [5.74, 6) is -6.11. The second-order valence-electron chi connectivity index (χ2n) is 13.0. The van der Waals surface area contributed by atoms with Crippen molar-refractivity contribution in [3.63, 3.8) is 0 Å². The van der Waals surface area contributed by atoms with Crippen molar-refractivity contribution in [3.8, 4) is 5.75 Å². The number of carbonyl (C=O) groups excluding carboxylic acids is 5. The lowest BCUT2D eigenvalue weighted by atomic mass is 9.56. The number of fused-ring (bicyclic) bond motifs is 5. The first-order valence-corrected chi connectivity index (χ1v) is 17.7. The highest BCUT2D eigenvalue weighted by atomic mass is 79.9. The smallest absolute Gasteiger partial charge is 0.254 e. The Morgan fingerprint density at radius 2 is 1.49 bits per heavy atom. The summed E-state index contributed by atoms with van der Waals surface area (Å²) in [4.78, 5) is 67.7. The molecular formula is C38H27BrCl2N2O6. The van der Waals surface area contributed by atoms with Crippen LogP contribution in [0.2, 0.25) is 0 Å². The number of anilines is 1. The minimum atomic E-state index is -2.04. The molecule has 3 fully saturated rings. The van der Waals surface area contributed by atoms with Gasteiger partial charge in [-0.15, -0.1) is 23.2 Å². The summed E-state index contributed by atoms with van der Waals surface area (Å²) < 4.78 is 0. The average molecular weight is 758 g/mol. The Hall–Kier alpha value is -4.31. The molecule has 6 atom stereocenters. The van der Waals surface area contributed by atoms with E-state index in [1.54, 1.807) is 66.7 Å². The number of hydrogen-bond acceptors (Lipinski definition) is 6. The number of phenolic OH excluding ortho intramolecular Hbond substituents is 1. The highest BCUT2D eigenvalue weighted by Crippen LogP contribution is 2.66. The predicted octanol–water partition coefficient (Wildman–Crippen LogP) is 6.69. The number of hydrogen-bond donors (Lipinski definition) is 1. The summed E-state index contributed by atoms with van der Waals surface area (Å²) in [7, 11) is 0. The van der Waals surface area contributed by atoms with Crippen LogP contribution in [0.15, 0.2) is 103 Å². The van der Waals surface area contributed by atoms with Crippen LogP contribution in [-0.2, 0) is 19.2 Å². The van der Waals surface area contributed by atoms with Gasteiger partial charge in [0.1, 0.15) is 5.75 Å². The van der Waals surface area contributed by atoms with Crippen LogP contribution in [0.1, 0.15) is 40.2 Å². The lowest BCUT2D eigenvalue weighted by Gasteiger charge is -2.51. The van der Waals surface area contributed by atoms with E-state index in [9.17, 15) is 29.1 Å². The fourth-order valence-electron chi connectivity index (χ4n) is 8.43. The van der Waals surface area contributed by atoms with Gasteiger partial charge in [0.2, 0.25) is 11.8 Å². The van der Waals surface area contributed by atoms with Crippen LogP contribution < -0.4 is 4.90 Å². The number of amides is 4. The quantitative estimate of drug-likeness (QED) is 0.0799. The van der Waals surface area contributed by atoms with Crippen molar-refractivity contribution in [2.24, 2.45) is 17.8 Å². The largest absolute Gasteiger partial charge is 0.508 e. The third-order valence-corrected chi connectivity index (χ3v) is 12.6. The number of halogens is 3. The standard InChI is InChI=1S/C38H27BrCl2N2O6/c39-19-42-35(48)37(40)18-27-25(31(38(37,41)36(42)49)30-24-9-5-4-6-20(24)12-17-28(30)44)15-16-26-29(27)34(47)43(33(26)46)23-13-10-22(11-14-23)32(45)21-7-2-1-3-8-21/h1-15,17,26-27,29,31,44H,16,18-19H2. The molecule has 2 saturated heterocycles. The van der Waals surface area contributed by atoms with Crippen molar-refractivity contribution < 1.29 is 29.1 Å². The number of aromatic hydroxyl groups is 1. The predicted molar refractivity (Wildman–Crippen MR) is 188 cm³/mol. The molecular weight excluding hydrogens is 731 g/mol. The van der Waals surface area contributed by atoms with E-state index in [-0.39, 0.29) is 29.8 Å². The van der Waals surface area contributed by atoms with Gasteiger partial charge in [0.15, 0.2) is 15.5 Å². The topological polar surface area (TPSA) is 112 Å². The number of imide groups is 2. The number of nitrogens with zero attached hydrogens (tertiary/aromatic N) is 2. The van der Waals surface area contributed by atoms with E-state index in [0.29, 0.717) is 33.3 Å². The Morgan fingerprint density at radius 3 is 2.20 bits per heavy atom. The molecule has 0 aromatic heterocycles. The van der Waals surface area contributed by atoms with Gasteiger partial charge in [0, 0.05) is 22.6 Å². The molecule has 0 bridgehead atoms. The van der Waals surface area contributed by atoms with Gasteiger partial charge in [-0.25, -0.2) is 0 Å². The summed E-state index contributed by atoms with van der Waals surface area (Å²) in [6.45, 7) is 0. The summed E-state index contributed by atoms with van der Waals surface area (Å²) in [6.07, 6.45) is 1.85. The fraction of sp³-hybridized carbons (Fsp3) is 0.237. The zero-order valence-corrected chi connectivity index (χ0v) is 28.8. The van der Waals surface area contributed by atoms with Crippen LogP contribution in [0.5, 0.6) is 5.75 Å². The van der Waals surface area contributed by atoms with Gasteiger partial charge in [-0.2, -0.15) is 0 Å². The monoisotopic (exact) mass is 756 g/mol. The number of ketones is 1. The molecule has 49 heavy (non-hydrogen) atoms. The molecule has 11 heteroatoms. The van der Waals surface area contributed by atoms with Gasteiger partial charge in [-0.3, -0.25) is 33.8 Å². The highest BCUT2D eigenvalue weighted by molar-refractivity contribution is 9.09. The molecule has 6 unspecified atom stereocenters. The first kappa shape index (κ1) is 31.9. The van der Waals surface area contributed by atoms with Crippen molar-refractivity contribution >= 4 is 85.0 Å². The Kier molecular flexibility index (Phi) is 7.41. The van der Waals surface area contributed by atoms with Crippen LogP contribution in [0, 0.1) is 17.8 Å². The maximum atomic E-state index is 14.4. The van der Waals surface area contributed by atoms with Gasteiger partial charge in [-0.05, 0) is 59.9 Å². The zero-order valence-electron chi connectivity index (χ0n) is 25.7. The van der Waals surface area contributed by atoms with Gasteiger partial charge >= 0.3 is 0 Å². The van der Waals surface area contributed by atoms with Gasteiger partial charge < -0.3 is 5.11 Å². The number of rotatable bonds is 5. The summed E-state index contributed by atoms with van der Waals surface area (Å²) >= 11 is 18.0. The number of phenols is 1. The molecule has 1 saturated carbocycles. The Labute approximate surface area is 299 Å². The number of carbonyl (C=O) groups is 5. The molecule has 8 nitrogen and oxygen atoms in total. The van der Waals surface area contributed by atoms with E-state index in [1.807, 2.05) is 24.3 Å². The second-order valence-corrected chi connectivity index (χ2v) is 14.7. The first-order chi connectivity index (χ1) is 23.5. The third kappa shape index (κ3) is 4.31. The van der Waals surface area contributed by atoms with Crippen LogP contribution in [0.4, 0.5) is 5.69 Å². The van der Waals surface area contributed by atoms with E-state index < -0.39 is 57.0 Å². The lowest BCUT2D eigenvalue weighted by molar-refractivity contribution is -0.138. The van der Waals surface area contributed by atoms with E-state index >= 15 is 0 Å². The zero-order chi connectivity index (χ0) is 34.4. The van der Waals surface area contributed by atoms with Crippen LogP contribution in [0.25, 0.3) is 10.8 Å². The van der Waals surface area contributed by atoms with E-state index in [0.717, 1.165) is 15.2 Å². The normalized spacial score (nSPS) is 29.2. The van der Waals surface area contributed by atoms with Crippen molar-refractivity contribution in [1.29, 1.82) is 0 Å². The SMILES string of the molecule is O=C(c1ccccc1)c1ccc(N2C(=O)C3CC=C4C(CC5(Cl)C(=O)N(CBr)C(=O)C5(Cl)C4c4c(O)ccc5ccccc45)C3C2=O)cc1. The van der Waals surface area contributed by atoms with Gasteiger partial charge in [0.05, 0.1) is 23.0 Å². The molecule has 2 heterocycles. The maximum absolute atomic E-state index is 14.4. The highest BCUT2D eigenvalue weighted by Gasteiger charge is 2.76. The lowest BCUT2D eigenvalue weighted by Crippen LogP contribution is -2.60. The average Bonchev–Trinajstić information content (AvgIpc) is 3.46. The van der Waals surface area contributed by atoms with Crippen molar-refractivity contribution in [2.75, 3.05) is 10.4 Å². The molecule has 4 aromatic rings. The molecule has 8 rings (SSSR count). The Balaban J connectivity index is 1.23. The van der Waals surface area contributed by atoms with Crippen molar-refractivity contribution in [2.45, 2.75) is 28.5 Å². The summed E-state index contributed by atoms with van der Waals surface area (Å²) in [5, 5.41) is 12.8. The molecule has 2 aliphatic heterocycles. The fourth-order valence-corrected chi connectivity index (χ4v) is 9.84. The van der Waals surface area contributed by atoms with Gasteiger partial charge in [0.25, 0.3) is 11.8 Å². The molecule has 1 N–H and O–H groups in total. The Morgan fingerprint density at radius 1 is 0.816 bits per heavy atom. The number of allylic oxidation sites excluding steroid dienone is 2. The number of likely N-dealkylation sites (tertiary alicyclic amines) is 1. The van der Waals surface area contributed by atoms with Gasteiger partial charge in [-0.1, -0.05) is 88.2 Å². The molecule has 4 amide bonds. The number of alkyl halides is 3. The molecule has 4 aliphatic rings. The third-order valence-electron chi connectivity index (χ3n) is 10.7. The van der Waals surface area contributed by atoms with Crippen LogP contribution in [-0.4, -0.2) is 54.6 Å². The first-order valence-electron chi connectivity index (χ1n) is 15.8. The molecule has 2 aliphatic carbocycles. The molecule has 0 radical (unpaired) electrons. The van der Waals surface area contributed by atoms with Crippen LogP contribution >= 0.6 is 39.1 Å². The van der Waals surface area contributed by atoms with Crippen LogP contribution in [0.3, 0.4) is 0 Å². The van der Waals surface area contributed by atoms with E-state index in [1.165, 1.54) is 6.07 Å². The summed E-state index contributed by atoms with van der Waals surface area (Å²) in [5.41, 5.74) is 2.01. The van der Waals surface area contributed by atoms with Crippen molar-refractivity contribution in [1.82, 2.24) is 4.90 Å². The molecule has 246 valence electrons. The second kappa shape index (κ2) is 11.4. The Bertz CT molecular complexity index is 2160. The minimum Gasteiger partial charge on any atom is -0.508 e. The molecule has 0 spiro atoms. The van der Waals surface area contributed by atoms with E-state index in [2.05, 4.69) is 15.9 Å². The minimum absolute atomic E-state index is 0.135. The molecule has 4 aromatic carbocycles. The van der Waals surface area contributed by atoms with Crippen molar-refractivity contribution in [3.05, 3.63) is 119 Å². The maximum Gasteiger partial charge on any atom is 0.254 e. The summed E-state index contributed by atoms with van der Waals surface area (Å²) in [6, 6.07) is 25.7. The number of benzene rings is 4. The van der Waals surface area contributed by atoms with E-state index in [4.69, 9.17) is 23.2 Å².